The van der Waals surface area contributed by atoms with Gasteiger partial charge in [0.1, 0.15) is 0 Å². The van der Waals surface area contributed by atoms with Crippen molar-refractivity contribution in [2.45, 2.75) is 13.0 Å². The predicted octanol–water partition coefficient (Wildman–Crippen LogP) is 1.89. The summed E-state index contributed by atoms with van der Waals surface area (Å²) in [5.74, 6) is 0.731. The number of benzene rings is 1. The Morgan fingerprint density at radius 3 is 2.48 bits per heavy atom. The van der Waals surface area contributed by atoms with Crippen LogP contribution in [0, 0.1) is 0 Å². The lowest BCUT2D eigenvalue weighted by Gasteiger charge is -2.19. The molecule has 1 N–H and O–H groups in total. The van der Waals surface area contributed by atoms with Crippen LogP contribution < -0.4 is 14.8 Å². The topological polar surface area (TPSA) is 97.8 Å². The van der Waals surface area contributed by atoms with E-state index in [0.717, 1.165) is 6.26 Å². The molecule has 0 aliphatic heterocycles. The van der Waals surface area contributed by atoms with E-state index in [4.69, 9.17) is 9.47 Å². The van der Waals surface area contributed by atoms with Crippen LogP contribution in [0.25, 0.3) is 0 Å². The lowest BCUT2D eigenvalue weighted by molar-refractivity contribution is -0.116. The van der Waals surface area contributed by atoms with Crippen molar-refractivity contribution in [1.29, 1.82) is 0 Å². The van der Waals surface area contributed by atoms with Crippen molar-refractivity contribution in [1.82, 2.24) is 9.29 Å². The molecule has 1 aromatic heterocycles. The van der Waals surface area contributed by atoms with Gasteiger partial charge in [-0.2, -0.15) is 4.31 Å². The van der Waals surface area contributed by atoms with Gasteiger partial charge < -0.3 is 14.8 Å². The number of sulfonamides is 1. The lowest BCUT2D eigenvalue weighted by Crippen LogP contribution is -2.32. The molecule has 2 aromatic rings. The molecule has 1 heterocycles. The highest BCUT2D eigenvalue weighted by Crippen LogP contribution is 2.29. The van der Waals surface area contributed by atoms with Crippen molar-refractivity contribution in [3.05, 3.63) is 48.3 Å². The normalized spacial score (nSPS) is 11.3. The van der Waals surface area contributed by atoms with Crippen molar-refractivity contribution < 1.29 is 22.7 Å². The molecule has 0 unspecified atom stereocenters. The summed E-state index contributed by atoms with van der Waals surface area (Å²) in [6.45, 7) is 0.165. The molecule has 0 aliphatic rings. The van der Waals surface area contributed by atoms with Gasteiger partial charge in [-0.25, -0.2) is 8.42 Å². The minimum Gasteiger partial charge on any atom is -0.493 e. The Bertz CT molecular complexity index is 872. The number of pyridine rings is 1. The number of hydrogen-bond donors (Lipinski definition) is 1. The van der Waals surface area contributed by atoms with Gasteiger partial charge in [0.25, 0.3) is 0 Å². The summed E-state index contributed by atoms with van der Waals surface area (Å²) >= 11 is 0. The van der Waals surface area contributed by atoms with E-state index in [0.29, 0.717) is 22.9 Å². The van der Waals surface area contributed by atoms with E-state index in [1.165, 1.54) is 18.5 Å². The summed E-state index contributed by atoms with van der Waals surface area (Å²) in [7, 11) is -0.444. The maximum absolute atomic E-state index is 12.2. The summed E-state index contributed by atoms with van der Waals surface area (Å²) in [6.07, 6.45) is 2.72. The molecule has 0 saturated heterocycles. The standard InChI is InChI=1S/C18H23N3O5S/c1-25-16-8-7-14(12-17(16)26-2)20-18(22)9-11-21(27(3,23)24)13-15-6-4-5-10-19-15/h4-8,10,12H,9,11,13H2,1-3H3,(H,20,22). The van der Waals surface area contributed by atoms with Crippen LogP contribution in [-0.2, 0) is 21.4 Å². The van der Waals surface area contributed by atoms with Gasteiger partial charge in [-0.05, 0) is 24.3 Å². The molecule has 0 atom stereocenters. The lowest BCUT2D eigenvalue weighted by atomic mass is 10.2. The van der Waals surface area contributed by atoms with E-state index in [9.17, 15) is 13.2 Å². The van der Waals surface area contributed by atoms with Gasteiger partial charge in [0.05, 0.1) is 32.7 Å². The zero-order chi connectivity index (χ0) is 19.9. The highest BCUT2D eigenvalue weighted by molar-refractivity contribution is 7.88. The molecule has 0 fully saturated rings. The van der Waals surface area contributed by atoms with Crippen LogP contribution in [0.1, 0.15) is 12.1 Å². The second kappa shape index (κ2) is 9.33. The fraction of sp³-hybridized carbons (Fsp3) is 0.333. The summed E-state index contributed by atoms with van der Waals surface area (Å²) in [4.78, 5) is 16.4. The smallest absolute Gasteiger partial charge is 0.225 e. The minimum atomic E-state index is -3.47. The third kappa shape index (κ3) is 6.22. The number of methoxy groups -OCH3 is 2. The number of anilines is 1. The Balaban J connectivity index is 1.99. The Labute approximate surface area is 159 Å². The zero-order valence-corrected chi connectivity index (χ0v) is 16.3. The quantitative estimate of drug-likeness (QED) is 0.699. The van der Waals surface area contributed by atoms with E-state index < -0.39 is 10.0 Å². The van der Waals surface area contributed by atoms with Crippen LogP contribution in [0.2, 0.25) is 0 Å². The van der Waals surface area contributed by atoms with Crippen LogP contribution in [0.4, 0.5) is 5.69 Å². The minimum absolute atomic E-state index is 0.00818. The van der Waals surface area contributed by atoms with Gasteiger partial charge in [0.2, 0.25) is 15.9 Å². The third-order valence-electron chi connectivity index (χ3n) is 3.79. The first kappa shape index (κ1) is 20.7. The number of rotatable bonds is 9. The van der Waals surface area contributed by atoms with E-state index >= 15 is 0 Å². The Kier molecular flexibility index (Phi) is 7.14. The second-order valence-corrected chi connectivity index (χ2v) is 7.77. The van der Waals surface area contributed by atoms with E-state index in [2.05, 4.69) is 10.3 Å². The van der Waals surface area contributed by atoms with Gasteiger partial charge in [-0.15, -0.1) is 0 Å². The molecule has 0 radical (unpaired) electrons. The summed E-state index contributed by atoms with van der Waals surface area (Å²) in [5.41, 5.74) is 1.15. The SMILES string of the molecule is COc1ccc(NC(=O)CCN(Cc2ccccn2)S(C)(=O)=O)cc1OC. The van der Waals surface area contributed by atoms with Crippen LogP contribution in [0.15, 0.2) is 42.6 Å². The second-order valence-electron chi connectivity index (χ2n) is 5.79. The molecule has 0 bridgehead atoms. The van der Waals surface area contributed by atoms with Crippen LogP contribution in [0.5, 0.6) is 11.5 Å². The number of amides is 1. The number of hydrogen-bond acceptors (Lipinski definition) is 6. The van der Waals surface area contributed by atoms with Crippen molar-refractivity contribution >= 4 is 21.6 Å². The monoisotopic (exact) mass is 393 g/mol. The number of carbonyl (C=O) groups excluding carboxylic acids is 1. The molecule has 27 heavy (non-hydrogen) atoms. The third-order valence-corrected chi connectivity index (χ3v) is 5.04. The number of carbonyl (C=O) groups is 1. The molecule has 1 amide bonds. The van der Waals surface area contributed by atoms with Crippen molar-refractivity contribution in [3.63, 3.8) is 0 Å². The van der Waals surface area contributed by atoms with Gasteiger partial charge in [-0.3, -0.25) is 9.78 Å². The molecule has 0 spiro atoms. The summed E-state index contributed by atoms with van der Waals surface area (Å²) < 4.78 is 35.6. The van der Waals surface area contributed by atoms with Gasteiger partial charge in [0.15, 0.2) is 11.5 Å². The number of nitrogens with one attached hydrogen (secondary N) is 1. The number of ether oxygens (including phenoxy) is 2. The molecule has 9 heteroatoms. The average Bonchev–Trinajstić information content (AvgIpc) is 2.64. The van der Waals surface area contributed by atoms with Gasteiger partial charge in [-0.1, -0.05) is 6.07 Å². The molecule has 0 saturated carbocycles. The van der Waals surface area contributed by atoms with Crippen molar-refractivity contribution in [2.24, 2.45) is 0 Å². The fourth-order valence-corrected chi connectivity index (χ4v) is 3.19. The average molecular weight is 393 g/mol. The van der Waals surface area contributed by atoms with E-state index in [1.807, 2.05) is 0 Å². The molecule has 0 aliphatic carbocycles. The maximum Gasteiger partial charge on any atom is 0.225 e. The van der Waals surface area contributed by atoms with Gasteiger partial charge in [0, 0.05) is 30.9 Å². The van der Waals surface area contributed by atoms with Crippen LogP contribution >= 0.6 is 0 Å². The Morgan fingerprint density at radius 1 is 1.15 bits per heavy atom. The first-order valence-electron chi connectivity index (χ1n) is 8.20. The molecule has 1 aromatic carbocycles. The molecular weight excluding hydrogens is 370 g/mol. The molecular formula is C18H23N3O5S. The highest BCUT2D eigenvalue weighted by atomic mass is 32.2. The predicted molar refractivity (Wildman–Crippen MR) is 102 cm³/mol. The highest BCUT2D eigenvalue weighted by Gasteiger charge is 2.19. The van der Waals surface area contributed by atoms with Crippen LogP contribution in [-0.4, -0.2) is 50.6 Å². The first-order chi connectivity index (χ1) is 12.8. The molecule has 146 valence electrons. The molecule has 2 rings (SSSR count). The number of aromatic nitrogens is 1. The molecule has 8 nitrogen and oxygen atoms in total. The van der Waals surface area contributed by atoms with E-state index in [-0.39, 0.29) is 25.4 Å². The van der Waals surface area contributed by atoms with Gasteiger partial charge >= 0.3 is 0 Å². The fourth-order valence-electron chi connectivity index (χ4n) is 2.40. The van der Waals surface area contributed by atoms with Crippen molar-refractivity contribution in [3.8, 4) is 11.5 Å². The van der Waals surface area contributed by atoms with Crippen molar-refractivity contribution in [2.75, 3.05) is 32.3 Å². The summed E-state index contributed by atoms with van der Waals surface area (Å²) in [6, 6.07) is 10.3. The first-order valence-corrected chi connectivity index (χ1v) is 10.0. The zero-order valence-electron chi connectivity index (χ0n) is 15.5. The number of nitrogens with zero attached hydrogens (tertiary/aromatic N) is 2. The van der Waals surface area contributed by atoms with Crippen LogP contribution in [0.3, 0.4) is 0 Å². The largest absolute Gasteiger partial charge is 0.493 e. The van der Waals surface area contributed by atoms with E-state index in [1.54, 1.807) is 42.6 Å². The Hall–Kier alpha value is -2.65. The summed E-state index contributed by atoms with van der Waals surface area (Å²) in [5, 5.41) is 2.73. The Morgan fingerprint density at radius 2 is 1.89 bits per heavy atom. The maximum atomic E-state index is 12.2.